The molecule has 1 aliphatic rings. The quantitative estimate of drug-likeness (QED) is 0.777. The van der Waals surface area contributed by atoms with Gasteiger partial charge >= 0.3 is 0 Å². The van der Waals surface area contributed by atoms with Crippen molar-refractivity contribution in [2.45, 2.75) is 25.2 Å². The van der Waals surface area contributed by atoms with Gasteiger partial charge in [-0.1, -0.05) is 23.7 Å². The van der Waals surface area contributed by atoms with Crippen LogP contribution >= 0.6 is 11.6 Å². The highest BCUT2D eigenvalue weighted by atomic mass is 35.5. The van der Waals surface area contributed by atoms with Gasteiger partial charge < -0.3 is 9.30 Å². The number of nitrogens with zero attached hydrogens (tertiary/aromatic N) is 2. The molecule has 140 valence electrons. The molecule has 1 aromatic carbocycles. The average molecular weight is 397 g/mol. The summed E-state index contributed by atoms with van der Waals surface area (Å²) in [6.07, 6.45) is 0.318. The molecule has 3 rings (SSSR count). The molecule has 0 N–H and O–H groups in total. The van der Waals surface area contributed by atoms with Crippen LogP contribution in [0.2, 0.25) is 5.02 Å². The first-order chi connectivity index (χ1) is 12.2. The lowest BCUT2D eigenvalue weighted by Gasteiger charge is -2.18. The largest absolute Gasteiger partial charge is 0.489 e. The van der Waals surface area contributed by atoms with E-state index in [2.05, 4.69) is 0 Å². The van der Waals surface area contributed by atoms with Crippen molar-refractivity contribution in [2.24, 2.45) is 7.05 Å². The highest BCUT2D eigenvalue weighted by Crippen LogP contribution is 2.23. The van der Waals surface area contributed by atoms with Gasteiger partial charge in [-0.05, 0) is 37.1 Å². The first-order valence-corrected chi connectivity index (χ1v) is 10.3. The van der Waals surface area contributed by atoms with Crippen LogP contribution in [0, 0.1) is 6.92 Å². The van der Waals surface area contributed by atoms with Crippen molar-refractivity contribution < 1.29 is 13.2 Å². The topological polar surface area (TPSA) is 68.6 Å². The molecule has 26 heavy (non-hydrogen) atoms. The van der Waals surface area contributed by atoms with Crippen molar-refractivity contribution in [1.82, 2.24) is 8.87 Å². The first kappa shape index (κ1) is 18.9. The predicted molar refractivity (Wildman–Crippen MR) is 101 cm³/mol. The molecular weight excluding hydrogens is 376 g/mol. The van der Waals surface area contributed by atoms with Crippen LogP contribution in [-0.2, 0) is 22.8 Å². The van der Waals surface area contributed by atoms with E-state index < -0.39 is 10.0 Å². The van der Waals surface area contributed by atoms with Crippen LogP contribution in [0.3, 0.4) is 0 Å². The van der Waals surface area contributed by atoms with Crippen LogP contribution in [0.25, 0.3) is 0 Å². The van der Waals surface area contributed by atoms with Crippen LogP contribution < -0.4 is 10.3 Å². The molecule has 1 aromatic heterocycles. The maximum absolute atomic E-state index is 12.6. The van der Waals surface area contributed by atoms with Gasteiger partial charge in [0.25, 0.3) is 5.56 Å². The highest BCUT2D eigenvalue weighted by Gasteiger charge is 2.32. The fraction of sp³-hybridized carbons (Fsp3) is 0.389. The number of ether oxygens (including phenoxy) is 1. The molecule has 2 aromatic rings. The third-order valence-electron chi connectivity index (χ3n) is 4.52. The third-order valence-corrected chi connectivity index (χ3v) is 6.57. The summed E-state index contributed by atoms with van der Waals surface area (Å²) in [4.78, 5) is 11.9. The summed E-state index contributed by atoms with van der Waals surface area (Å²) >= 11 is 5.93. The van der Waals surface area contributed by atoms with E-state index in [9.17, 15) is 13.2 Å². The van der Waals surface area contributed by atoms with Crippen LogP contribution in [0.1, 0.15) is 17.7 Å². The zero-order chi connectivity index (χ0) is 18.9. The van der Waals surface area contributed by atoms with Gasteiger partial charge in [-0.25, -0.2) is 8.42 Å². The summed E-state index contributed by atoms with van der Waals surface area (Å²) in [5, 5.41) is 0.515. The molecule has 0 saturated carbocycles. The first-order valence-electron chi connectivity index (χ1n) is 8.31. The predicted octanol–water partition coefficient (Wildman–Crippen LogP) is 2.33. The van der Waals surface area contributed by atoms with Crippen LogP contribution in [0.15, 0.2) is 41.2 Å². The monoisotopic (exact) mass is 396 g/mol. The van der Waals surface area contributed by atoms with Gasteiger partial charge in [-0.15, -0.1) is 0 Å². The van der Waals surface area contributed by atoms with Gasteiger partial charge in [-0.2, -0.15) is 4.31 Å². The number of hydrogen-bond donors (Lipinski definition) is 0. The second-order valence-electron chi connectivity index (χ2n) is 6.50. The summed E-state index contributed by atoms with van der Waals surface area (Å²) in [5.41, 5.74) is 1.29. The Bertz CT molecular complexity index is 971. The molecule has 1 atom stereocenters. The van der Waals surface area contributed by atoms with Crippen LogP contribution in [0.4, 0.5) is 0 Å². The smallest absolute Gasteiger partial charge is 0.254 e. The molecule has 1 unspecified atom stereocenters. The third kappa shape index (κ3) is 4.28. The molecule has 1 aliphatic heterocycles. The van der Waals surface area contributed by atoms with Gasteiger partial charge in [0, 0.05) is 30.4 Å². The number of sulfonamides is 1. The van der Waals surface area contributed by atoms with Gasteiger partial charge in [0.2, 0.25) is 10.0 Å². The molecule has 8 heteroatoms. The summed E-state index contributed by atoms with van der Waals surface area (Å²) in [6, 6.07) is 10.1. The number of benzene rings is 1. The van der Waals surface area contributed by atoms with Crippen LogP contribution in [0.5, 0.6) is 5.75 Å². The fourth-order valence-corrected chi connectivity index (χ4v) is 4.75. The van der Waals surface area contributed by atoms with Crippen molar-refractivity contribution in [3.05, 3.63) is 63.0 Å². The molecule has 0 aliphatic carbocycles. The molecule has 0 amide bonds. The molecule has 0 spiro atoms. The molecule has 6 nitrogen and oxygen atoms in total. The number of aryl methyl sites for hydroxylation is 1. The van der Waals surface area contributed by atoms with E-state index in [1.54, 1.807) is 37.4 Å². The van der Waals surface area contributed by atoms with E-state index in [-0.39, 0.29) is 24.0 Å². The Morgan fingerprint density at radius 2 is 2.04 bits per heavy atom. The van der Waals surface area contributed by atoms with Crippen molar-refractivity contribution in [1.29, 1.82) is 0 Å². The van der Waals surface area contributed by atoms with E-state index in [0.717, 1.165) is 5.69 Å². The van der Waals surface area contributed by atoms with Crippen molar-refractivity contribution in [3.63, 3.8) is 0 Å². The number of halogens is 1. The zero-order valence-corrected chi connectivity index (χ0v) is 16.3. The summed E-state index contributed by atoms with van der Waals surface area (Å²) in [7, 11) is -1.75. The Hall–Kier alpha value is -1.83. The lowest BCUT2D eigenvalue weighted by atomic mass is 10.2. The van der Waals surface area contributed by atoms with Gasteiger partial charge in [0.15, 0.2) is 0 Å². The average Bonchev–Trinajstić information content (AvgIpc) is 3.01. The molecule has 1 saturated heterocycles. The Labute approximate surface area is 158 Å². The summed E-state index contributed by atoms with van der Waals surface area (Å²) in [6.45, 7) is 2.50. The number of hydrogen-bond acceptors (Lipinski definition) is 4. The van der Waals surface area contributed by atoms with Crippen molar-refractivity contribution in [3.8, 4) is 5.75 Å². The van der Waals surface area contributed by atoms with E-state index in [1.165, 1.54) is 14.9 Å². The molecular formula is C18H21ClN2O4S. The normalized spacial score (nSPS) is 18.2. The Morgan fingerprint density at radius 3 is 2.73 bits per heavy atom. The maximum Gasteiger partial charge on any atom is 0.254 e. The van der Waals surface area contributed by atoms with E-state index >= 15 is 0 Å². The maximum atomic E-state index is 12.6. The molecule has 0 radical (unpaired) electrons. The number of rotatable bonds is 5. The molecule has 2 heterocycles. The highest BCUT2D eigenvalue weighted by molar-refractivity contribution is 7.88. The summed E-state index contributed by atoms with van der Waals surface area (Å²) in [5.74, 6) is 0.385. The van der Waals surface area contributed by atoms with Crippen molar-refractivity contribution in [2.75, 3.05) is 13.1 Å². The van der Waals surface area contributed by atoms with Crippen molar-refractivity contribution >= 4 is 21.6 Å². The second kappa shape index (κ2) is 7.42. The van der Waals surface area contributed by atoms with E-state index in [4.69, 9.17) is 16.3 Å². The molecule has 0 bridgehead atoms. The zero-order valence-electron chi connectivity index (χ0n) is 14.7. The number of pyridine rings is 1. The van der Waals surface area contributed by atoms with E-state index in [1.807, 2.05) is 6.92 Å². The fourth-order valence-electron chi connectivity index (χ4n) is 2.97. The van der Waals surface area contributed by atoms with Gasteiger partial charge in [-0.3, -0.25) is 4.79 Å². The lowest BCUT2D eigenvalue weighted by molar-refractivity contribution is 0.214. The van der Waals surface area contributed by atoms with Gasteiger partial charge in [0.05, 0.1) is 12.3 Å². The Kier molecular flexibility index (Phi) is 5.41. The van der Waals surface area contributed by atoms with Crippen LogP contribution in [-0.4, -0.2) is 36.5 Å². The number of aromatic nitrogens is 1. The van der Waals surface area contributed by atoms with E-state index in [0.29, 0.717) is 29.3 Å². The minimum absolute atomic E-state index is 0.0920. The Balaban J connectivity index is 1.67. The Morgan fingerprint density at radius 1 is 1.27 bits per heavy atom. The molecule has 1 fully saturated rings. The lowest BCUT2D eigenvalue weighted by Crippen LogP contribution is -2.32. The minimum atomic E-state index is -3.45. The summed E-state index contributed by atoms with van der Waals surface area (Å²) < 4.78 is 34.1. The standard InChI is InChI=1S/C18H21ClN2O4S/c1-13-8-17(10-18(22)20(13)2)25-16-6-7-21(11-16)26(23,24)12-14-4-3-5-15(19)9-14/h3-5,8-10,16H,6-7,11-12H2,1-2H3. The second-order valence-corrected chi connectivity index (χ2v) is 8.91. The minimum Gasteiger partial charge on any atom is -0.489 e. The SMILES string of the molecule is Cc1cc(OC2CCN(S(=O)(=O)Cc3cccc(Cl)c3)C2)cc(=O)n1C. The van der Waals surface area contributed by atoms with Gasteiger partial charge in [0.1, 0.15) is 11.9 Å².